The van der Waals surface area contributed by atoms with E-state index in [4.69, 9.17) is 0 Å². The topological polar surface area (TPSA) is 192 Å². The first-order valence-electron chi connectivity index (χ1n) is 26.2. The predicted molar refractivity (Wildman–Crippen MR) is 244 cm³/mol. The van der Waals surface area contributed by atoms with Crippen molar-refractivity contribution in [3.8, 4) is 0 Å². The van der Waals surface area contributed by atoms with Crippen molar-refractivity contribution >= 4 is 11.8 Å². The van der Waals surface area contributed by atoms with Gasteiger partial charge in [0.1, 0.15) is 0 Å². The van der Waals surface area contributed by atoms with Gasteiger partial charge in [0.25, 0.3) is 0 Å². The number of hydrogen-bond acceptors (Lipinski definition) is 9. The van der Waals surface area contributed by atoms with Gasteiger partial charge in [-0.05, 0) is 196 Å². The lowest BCUT2D eigenvalue weighted by atomic mass is 9.43. The highest BCUT2D eigenvalue weighted by atomic mass is 16.3. The Morgan fingerprint density at radius 3 is 1.35 bits per heavy atom. The summed E-state index contributed by atoms with van der Waals surface area (Å²) in [5, 5.41) is 78.5. The van der Waals surface area contributed by atoms with Crippen molar-refractivity contribution in [2.24, 2.45) is 93.7 Å². The molecular weight excluding hydrogens is 795 g/mol. The van der Waals surface area contributed by atoms with Crippen molar-refractivity contribution in [2.45, 2.75) is 193 Å². The van der Waals surface area contributed by atoms with E-state index >= 15 is 0 Å². The summed E-state index contributed by atoms with van der Waals surface area (Å²) in [4.78, 5) is 25.9. The molecule has 11 heteroatoms. The largest absolute Gasteiger partial charge is 0.393 e. The molecule has 0 aliphatic heterocycles. The van der Waals surface area contributed by atoms with Crippen LogP contribution in [0.25, 0.3) is 0 Å². The average molecular weight is 884 g/mol. The maximum Gasteiger partial charge on any atom is 0.220 e. The van der Waals surface area contributed by atoms with E-state index in [1.807, 2.05) is 0 Å². The Morgan fingerprint density at radius 2 is 0.952 bits per heavy atom. The monoisotopic (exact) mass is 884 g/mol. The van der Waals surface area contributed by atoms with Crippen LogP contribution in [0.15, 0.2) is 0 Å². The van der Waals surface area contributed by atoms with Crippen LogP contribution in [0, 0.1) is 93.7 Å². The summed E-state index contributed by atoms with van der Waals surface area (Å²) >= 11 is 0. The highest BCUT2D eigenvalue weighted by Crippen LogP contribution is 2.69. The van der Waals surface area contributed by atoms with Gasteiger partial charge in [0, 0.05) is 39.0 Å². The Kier molecular flexibility index (Phi) is 14.2. The lowest BCUT2D eigenvalue weighted by molar-refractivity contribution is -0.220. The molecule has 2 amide bonds. The first-order valence-corrected chi connectivity index (χ1v) is 26.2. The van der Waals surface area contributed by atoms with Crippen LogP contribution in [0.2, 0.25) is 0 Å². The Morgan fingerprint density at radius 1 is 0.556 bits per heavy atom. The highest BCUT2D eigenvalue weighted by Gasteiger charge is 2.68. The van der Waals surface area contributed by atoms with Crippen LogP contribution in [-0.2, 0) is 9.59 Å². The van der Waals surface area contributed by atoms with Gasteiger partial charge in [0.15, 0.2) is 0 Å². The Bertz CT molecular complexity index is 1500. The summed E-state index contributed by atoms with van der Waals surface area (Å²) in [7, 11) is 0. The number of rotatable bonds is 14. The molecule has 0 radical (unpaired) electrons. The van der Waals surface area contributed by atoms with Gasteiger partial charge in [0.05, 0.1) is 35.6 Å². The van der Waals surface area contributed by atoms with Crippen LogP contribution in [-0.4, -0.2) is 104 Å². The van der Waals surface area contributed by atoms with Crippen molar-refractivity contribution in [3.63, 3.8) is 0 Å². The van der Waals surface area contributed by atoms with E-state index in [9.17, 15) is 40.2 Å². The molecule has 63 heavy (non-hydrogen) atoms. The van der Waals surface area contributed by atoms with Crippen molar-refractivity contribution in [1.82, 2.24) is 16.0 Å². The Hall–Kier alpha value is -1.34. The normalized spacial score (nSPS) is 49.8. The average Bonchev–Trinajstić information content (AvgIpc) is 3.79. The number of carbonyl (C=O) groups is 2. The predicted octanol–water partition coefficient (Wildman–Crippen LogP) is 5.56. The van der Waals surface area contributed by atoms with Gasteiger partial charge in [-0.25, -0.2) is 0 Å². The Balaban J connectivity index is 0.713. The molecule has 0 spiro atoms. The summed E-state index contributed by atoms with van der Waals surface area (Å²) < 4.78 is 0. The van der Waals surface area contributed by atoms with Gasteiger partial charge in [-0.15, -0.1) is 0 Å². The Labute approximate surface area is 379 Å². The molecule has 0 saturated heterocycles. The van der Waals surface area contributed by atoms with Crippen molar-refractivity contribution in [1.29, 1.82) is 0 Å². The van der Waals surface area contributed by atoms with Crippen LogP contribution in [0.4, 0.5) is 0 Å². The zero-order valence-corrected chi connectivity index (χ0v) is 39.9. The second-order valence-electron chi connectivity index (χ2n) is 24.3. The molecule has 0 aromatic rings. The second-order valence-corrected chi connectivity index (χ2v) is 24.3. The van der Waals surface area contributed by atoms with Crippen molar-refractivity contribution in [3.05, 3.63) is 0 Å². The van der Waals surface area contributed by atoms with Gasteiger partial charge in [-0.1, -0.05) is 41.5 Å². The number of aliphatic hydroxyl groups excluding tert-OH is 4. The first-order chi connectivity index (χ1) is 29.8. The van der Waals surface area contributed by atoms with Crippen molar-refractivity contribution < 1.29 is 40.2 Å². The van der Waals surface area contributed by atoms with Crippen LogP contribution in [0.3, 0.4) is 0 Å². The molecule has 8 fully saturated rings. The van der Waals surface area contributed by atoms with E-state index in [1.165, 1.54) is 0 Å². The van der Waals surface area contributed by atoms with Crippen LogP contribution in [0.1, 0.15) is 157 Å². The summed E-state index contributed by atoms with van der Waals surface area (Å²) in [6.07, 6.45) is 13.2. The summed E-state index contributed by atoms with van der Waals surface area (Å²) in [6, 6.07) is 0. The lowest BCUT2D eigenvalue weighted by Gasteiger charge is -2.63. The molecule has 0 aromatic heterocycles. The fourth-order valence-electron chi connectivity index (χ4n) is 18.0. The fraction of sp³-hybridized carbons (Fsp3) is 0.962. The molecule has 0 aromatic carbocycles. The van der Waals surface area contributed by atoms with Crippen molar-refractivity contribution in [2.75, 3.05) is 26.2 Å². The number of aliphatic hydroxyl groups is 6. The summed E-state index contributed by atoms with van der Waals surface area (Å²) in [6.45, 7) is 15.9. The molecule has 8 aliphatic rings. The third kappa shape index (κ3) is 8.50. The SMILES string of the molecule is C[C@H](CCC(=O)NCCNCCNC(=O)CC[C@@H](C)[C@H]1CCC2C3C(O)CC4C[C@H](O)CC[C@]4(C)C3C[C@H](C)[C@@]21O)[C@H]1CCC2C3C(O)CC4C[C@H](O)CC[C@]4(C)C3C[C@H](C)[C@@]21O. The van der Waals surface area contributed by atoms with Gasteiger partial charge in [0.2, 0.25) is 11.8 Å². The molecule has 10 unspecified atom stereocenters. The molecule has 9 N–H and O–H groups in total. The molecule has 8 saturated carbocycles. The molecule has 0 bridgehead atoms. The number of amides is 2. The zero-order valence-electron chi connectivity index (χ0n) is 39.9. The number of carbonyl (C=O) groups excluding carboxylic acids is 2. The molecule has 360 valence electrons. The van der Waals surface area contributed by atoms with Gasteiger partial charge < -0.3 is 46.6 Å². The molecule has 8 aliphatic carbocycles. The minimum atomic E-state index is -0.821. The lowest BCUT2D eigenvalue weighted by Crippen LogP contribution is -2.63. The van der Waals surface area contributed by atoms with Crippen LogP contribution in [0.5, 0.6) is 0 Å². The highest BCUT2D eigenvalue weighted by molar-refractivity contribution is 5.76. The summed E-state index contributed by atoms with van der Waals surface area (Å²) in [5.41, 5.74) is -1.42. The molecular formula is C52H89N3O8. The van der Waals surface area contributed by atoms with E-state index in [0.29, 0.717) is 62.7 Å². The standard InChI is InChI=1S/C52H89N3O8/c1-29(37-9-11-39-47-41(23-31(3)51(37,39)62)49(5)17-15-35(56)25-33(49)27-43(47)58)7-13-45(60)54-21-19-53-20-22-55-46(61)14-8-30(2)38-10-12-40-48-42(24-32(4)52(38,40)63)50(6)18-16-36(57)26-34(50)28-44(48)59/h29-44,47-48,53,56-59,62-63H,7-28H2,1-6H3,(H,54,60)(H,55,61)/t29-,30-,31+,32+,33?,34?,35-,36-,37-,38-,39?,40?,41?,42?,43?,44?,47?,48?,49+,50+,51+,52+/m1/s1. The number of fused-ring (bicyclic) bond motifs is 10. The maximum absolute atomic E-state index is 12.9. The number of nitrogens with one attached hydrogen (secondary N) is 3. The minimum Gasteiger partial charge on any atom is -0.393 e. The second kappa shape index (κ2) is 18.6. The third-order valence-electron chi connectivity index (χ3n) is 21.5. The van der Waals surface area contributed by atoms with Crippen LogP contribution >= 0.6 is 0 Å². The van der Waals surface area contributed by atoms with E-state index in [0.717, 1.165) is 103 Å². The molecule has 11 nitrogen and oxygen atoms in total. The minimum absolute atomic E-state index is 0.0222. The smallest absolute Gasteiger partial charge is 0.220 e. The van der Waals surface area contributed by atoms with E-state index in [1.54, 1.807) is 0 Å². The number of hydrogen-bond donors (Lipinski definition) is 9. The van der Waals surface area contributed by atoms with Crippen LogP contribution < -0.4 is 16.0 Å². The molecule has 22 atom stereocenters. The van der Waals surface area contributed by atoms with Gasteiger partial charge in [-0.3, -0.25) is 9.59 Å². The van der Waals surface area contributed by atoms with Gasteiger partial charge >= 0.3 is 0 Å². The van der Waals surface area contributed by atoms with Gasteiger partial charge in [-0.2, -0.15) is 0 Å². The van der Waals surface area contributed by atoms with E-state index < -0.39 is 23.4 Å². The maximum atomic E-state index is 12.9. The van der Waals surface area contributed by atoms with E-state index in [2.05, 4.69) is 57.5 Å². The zero-order chi connectivity index (χ0) is 45.2. The first kappa shape index (κ1) is 48.1. The van der Waals surface area contributed by atoms with E-state index in [-0.39, 0.29) is 94.0 Å². The molecule has 0 heterocycles. The third-order valence-corrected chi connectivity index (χ3v) is 21.5. The molecule has 8 rings (SSSR count). The fourth-order valence-corrected chi connectivity index (χ4v) is 18.0. The summed E-state index contributed by atoms with van der Waals surface area (Å²) in [5.74, 6) is 2.74. The quantitative estimate of drug-likeness (QED) is 0.101.